The van der Waals surface area contributed by atoms with E-state index in [-0.39, 0.29) is 0 Å². The maximum Gasteiger partial charge on any atom is 0.0851 e. The van der Waals surface area contributed by atoms with E-state index in [4.69, 9.17) is 0 Å². The second kappa shape index (κ2) is 17.0. The van der Waals surface area contributed by atoms with Crippen LogP contribution >= 0.6 is 0 Å². The van der Waals surface area contributed by atoms with Gasteiger partial charge in [-0.15, -0.1) is 0 Å². The number of unbranched alkanes of at least 4 members (excludes halogenated alkanes) is 13. The van der Waals surface area contributed by atoms with Crippen LogP contribution in [0.2, 0.25) is 0 Å². The zero-order valence-corrected chi connectivity index (χ0v) is 16.4. The molecule has 0 aliphatic carbocycles. The molecule has 2 nitrogen and oxygen atoms in total. The normalized spacial score (nSPS) is 14.3. The highest BCUT2D eigenvalue weighted by Crippen LogP contribution is 2.11. The van der Waals surface area contributed by atoms with Crippen molar-refractivity contribution >= 4 is 6.34 Å². The summed E-state index contributed by atoms with van der Waals surface area (Å²) in [7, 11) is 0. The van der Waals surface area contributed by atoms with Crippen LogP contribution in [0.5, 0.6) is 0 Å². The fourth-order valence-corrected chi connectivity index (χ4v) is 3.33. The first-order chi connectivity index (χ1) is 11.9. The quantitative estimate of drug-likeness (QED) is 0.212. The molecule has 1 rings (SSSR count). The molecule has 0 amide bonds. The van der Waals surface area contributed by atoms with E-state index in [1.807, 2.05) is 6.34 Å². The predicted molar refractivity (Wildman–Crippen MR) is 109 cm³/mol. The maximum absolute atomic E-state index is 4.26. The molecule has 1 aliphatic heterocycles. The molecule has 0 aromatic carbocycles. The summed E-state index contributed by atoms with van der Waals surface area (Å²) in [6, 6.07) is 0. The number of aliphatic imine (C=N–C) groups is 1. The van der Waals surface area contributed by atoms with Gasteiger partial charge in [0.2, 0.25) is 0 Å². The second-order valence-electron chi connectivity index (χ2n) is 7.35. The number of hydrogen-bond donors (Lipinski definition) is 0. The third-order valence-electron chi connectivity index (χ3n) is 4.97. The Morgan fingerprint density at radius 2 is 1.29 bits per heavy atom. The number of nitrogens with zero attached hydrogens (tertiary/aromatic N) is 2. The van der Waals surface area contributed by atoms with Crippen LogP contribution < -0.4 is 0 Å². The zero-order valence-electron chi connectivity index (χ0n) is 16.4. The Kier molecular flexibility index (Phi) is 15.1. The number of hydrogen-bond acceptors (Lipinski definition) is 2. The van der Waals surface area contributed by atoms with Crippen molar-refractivity contribution < 1.29 is 0 Å². The summed E-state index contributed by atoms with van der Waals surface area (Å²) < 4.78 is 0. The average Bonchev–Trinajstić information content (AvgIpc) is 3.11. The minimum absolute atomic E-state index is 1.01. The Balaban J connectivity index is 1.69. The van der Waals surface area contributed by atoms with Crippen molar-refractivity contribution in [2.24, 2.45) is 4.99 Å². The summed E-state index contributed by atoms with van der Waals surface area (Å²) in [5, 5.41) is 0. The van der Waals surface area contributed by atoms with E-state index in [1.165, 1.54) is 103 Å². The van der Waals surface area contributed by atoms with Crippen LogP contribution in [0.3, 0.4) is 0 Å². The zero-order chi connectivity index (χ0) is 17.1. The van der Waals surface area contributed by atoms with E-state index >= 15 is 0 Å². The first-order valence-corrected chi connectivity index (χ1v) is 10.8. The molecule has 24 heavy (non-hydrogen) atoms. The van der Waals surface area contributed by atoms with Gasteiger partial charge in [-0.3, -0.25) is 4.99 Å². The highest BCUT2D eigenvalue weighted by atomic mass is 15.2. The lowest BCUT2D eigenvalue weighted by Gasteiger charge is -2.12. The number of allylic oxidation sites excluding steroid dienone is 2. The lowest BCUT2D eigenvalue weighted by atomic mass is 10.1. The molecular weight excluding hydrogens is 292 g/mol. The van der Waals surface area contributed by atoms with Crippen LogP contribution in [0.1, 0.15) is 103 Å². The molecule has 0 atom stereocenters. The smallest absolute Gasteiger partial charge is 0.0851 e. The van der Waals surface area contributed by atoms with E-state index in [9.17, 15) is 0 Å². The van der Waals surface area contributed by atoms with Crippen molar-refractivity contribution in [2.75, 3.05) is 19.6 Å². The maximum atomic E-state index is 4.26. The van der Waals surface area contributed by atoms with Gasteiger partial charge in [-0.1, -0.05) is 83.3 Å². The topological polar surface area (TPSA) is 15.6 Å². The molecule has 1 heterocycles. The van der Waals surface area contributed by atoms with Gasteiger partial charge in [-0.05, 0) is 32.1 Å². The van der Waals surface area contributed by atoms with E-state index in [0.717, 1.165) is 13.1 Å². The lowest BCUT2D eigenvalue weighted by Crippen LogP contribution is -2.20. The molecule has 0 bridgehead atoms. The summed E-state index contributed by atoms with van der Waals surface area (Å²) in [4.78, 5) is 6.61. The third kappa shape index (κ3) is 13.6. The first kappa shape index (κ1) is 21.3. The molecule has 2 heteroatoms. The van der Waals surface area contributed by atoms with Gasteiger partial charge in [0.15, 0.2) is 0 Å². The molecule has 0 fully saturated rings. The molecule has 1 aliphatic rings. The largest absolute Gasteiger partial charge is 0.361 e. The summed E-state index contributed by atoms with van der Waals surface area (Å²) in [5.74, 6) is 0. The molecule has 0 saturated carbocycles. The molecule has 0 aromatic rings. The van der Waals surface area contributed by atoms with Crippen molar-refractivity contribution in [3.8, 4) is 0 Å². The van der Waals surface area contributed by atoms with Crippen LogP contribution in [0, 0.1) is 0 Å². The van der Waals surface area contributed by atoms with Gasteiger partial charge in [0.1, 0.15) is 0 Å². The van der Waals surface area contributed by atoms with Gasteiger partial charge in [-0.2, -0.15) is 0 Å². The van der Waals surface area contributed by atoms with Crippen molar-refractivity contribution in [1.29, 1.82) is 0 Å². The Morgan fingerprint density at radius 3 is 1.83 bits per heavy atom. The Hall–Kier alpha value is -0.790. The van der Waals surface area contributed by atoms with Gasteiger partial charge < -0.3 is 4.90 Å². The van der Waals surface area contributed by atoms with Crippen LogP contribution in [-0.4, -0.2) is 30.9 Å². The standard InChI is InChI=1S/C22H42N2/c1-2-3-4-5-6-7-8-9-10-11-12-13-14-15-16-17-18-20-24-21-19-23-22-24/h9-10,22H,2-8,11-21H2,1H3. The SMILES string of the molecule is CCCCCCCCC=CCCCCCCCCCN1C=NCC1. The van der Waals surface area contributed by atoms with Gasteiger partial charge >= 0.3 is 0 Å². The minimum atomic E-state index is 1.01. The fourth-order valence-electron chi connectivity index (χ4n) is 3.33. The third-order valence-corrected chi connectivity index (χ3v) is 4.97. The van der Waals surface area contributed by atoms with Crippen LogP contribution in [0.25, 0.3) is 0 Å². The van der Waals surface area contributed by atoms with Gasteiger partial charge in [0.25, 0.3) is 0 Å². The van der Waals surface area contributed by atoms with Crippen LogP contribution in [-0.2, 0) is 0 Å². The Bertz CT molecular complexity index is 309. The summed E-state index contributed by atoms with van der Waals surface area (Å²) in [6.45, 7) is 5.65. The monoisotopic (exact) mass is 334 g/mol. The van der Waals surface area contributed by atoms with Crippen LogP contribution in [0.4, 0.5) is 0 Å². The molecule has 140 valence electrons. The number of rotatable bonds is 17. The van der Waals surface area contributed by atoms with E-state index in [1.54, 1.807) is 0 Å². The van der Waals surface area contributed by atoms with Crippen LogP contribution in [0.15, 0.2) is 17.1 Å². The Morgan fingerprint density at radius 1 is 0.750 bits per heavy atom. The molecule has 0 N–H and O–H groups in total. The molecular formula is C22H42N2. The summed E-state index contributed by atoms with van der Waals surface area (Å²) >= 11 is 0. The van der Waals surface area contributed by atoms with Gasteiger partial charge in [0, 0.05) is 13.1 Å². The molecule has 0 aromatic heterocycles. The first-order valence-electron chi connectivity index (χ1n) is 10.8. The van der Waals surface area contributed by atoms with Crippen molar-refractivity contribution in [3.63, 3.8) is 0 Å². The van der Waals surface area contributed by atoms with E-state index in [2.05, 4.69) is 29.0 Å². The second-order valence-corrected chi connectivity index (χ2v) is 7.35. The molecule has 0 unspecified atom stereocenters. The van der Waals surface area contributed by atoms with Crippen molar-refractivity contribution in [1.82, 2.24) is 4.90 Å². The molecule has 0 radical (unpaired) electrons. The van der Waals surface area contributed by atoms with E-state index < -0.39 is 0 Å². The highest BCUT2D eigenvalue weighted by Gasteiger charge is 2.03. The summed E-state index contributed by atoms with van der Waals surface area (Å²) in [6.07, 6.45) is 27.7. The van der Waals surface area contributed by atoms with Gasteiger partial charge in [0.05, 0.1) is 12.9 Å². The van der Waals surface area contributed by atoms with Crippen molar-refractivity contribution in [2.45, 2.75) is 103 Å². The average molecular weight is 335 g/mol. The fraction of sp³-hybridized carbons (Fsp3) is 0.864. The summed E-state index contributed by atoms with van der Waals surface area (Å²) in [5.41, 5.74) is 0. The molecule has 0 spiro atoms. The highest BCUT2D eigenvalue weighted by molar-refractivity contribution is 5.56. The minimum Gasteiger partial charge on any atom is -0.361 e. The van der Waals surface area contributed by atoms with E-state index in [0.29, 0.717) is 0 Å². The van der Waals surface area contributed by atoms with Gasteiger partial charge in [-0.25, -0.2) is 0 Å². The predicted octanol–water partition coefficient (Wildman–Crippen LogP) is 6.76. The van der Waals surface area contributed by atoms with Crippen molar-refractivity contribution in [3.05, 3.63) is 12.2 Å². The Labute approximate surface area is 151 Å². The lowest BCUT2D eigenvalue weighted by molar-refractivity contribution is 0.439. The molecule has 0 saturated heterocycles.